The molecular weight excluding hydrogens is 313 g/mol. The van der Waals surface area contributed by atoms with Gasteiger partial charge in [-0.1, -0.05) is 6.07 Å². The number of carbonyl (C=O) groups excluding carboxylic acids is 2. The van der Waals surface area contributed by atoms with E-state index < -0.39 is 35.6 Å². The van der Waals surface area contributed by atoms with E-state index in [4.69, 9.17) is 5.26 Å². The molecule has 1 amide bonds. The van der Waals surface area contributed by atoms with Crippen LogP contribution < -0.4 is 5.32 Å². The maximum absolute atomic E-state index is 12.7. The average Bonchev–Trinajstić information content (AvgIpc) is 2.52. The second-order valence-corrected chi connectivity index (χ2v) is 4.89. The molecule has 0 saturated carbocycles. The molecule has 0 aliphatic carbocycles. The zero-order chi connectivity index (χ0) is 17.6. The van der Waals surface area contributed by atoms with Crippen molar-refractivity contribution in [1.82, 2.24) is 5.32 Å². The summed E-state index contributed by atoms with van der Waals surface area (Å²) in [6.07, 6.45) is -4.58. The maximum Gasteiger partial charge on any atom is 0.416 e. The van der Waals surface area contributed by atoms with E-state index in [0.29, 0.717) is 6.07 Å². The lowest BCUT2D eigenvalue weighted by molar-refractivity contribution is -0.143. The van der Waals surface area contributed by atoms with Gasteiger partial charge >= 0.3 is 12.1 Å². The van der Waals surface area contributed by atoms with Crippen molar-refractivity contribution in [2.45, 2.75) is 25.6 Å². The Bertz CT molecular complexity index is 623. The number of nitriles is 1. The Balaban J connectivity index is 2.95. The fourth-order valence-electron chi connectivity index (χ4n) is 1.84. The Kier molecular flexibility index (Phi) is 6.13. The fourth-order valence-corrected chi connectivity index (χ4v) is 1.84. The molecule has 1 aromatic rings. The first kappa shape index (κ1) is 18.5. The quantitative estimate of drug-likeness (QED) is 0.843. The van der Waals surface area contributed by atoms with Crippen LogP contribution in [0, 0.1) is 17.2 Å². The molecule has 0 aliphatic heterocycles. The number of carbonyl (C=O) groups is 2. The van der Waals surface area contributed by atoms with Crippen molar-refractivity contribution in [3.05, 3.63) is 35.4 Å². The molecule has 5 nitrogen and oxygen atoms in total. The molecular formula is C15H15F3N2O3. The third kappa shape index (κ3) is 5.29. The monoisotopic (exact) mass is 328 g/mol. The summed E-state index contributed by atoms with van der Waals surface area (Å²) in [4.78, 5) is 23.7. The molecule has 0 fully saturated rings. The van der Waals surface area contributed by atoms with Crippen LogP contribution in [0.2, 0.25) is 0 Å². The van der Waals surface area contributed by atoms with E-state index in [1.165, 1.54) is 6.07 Å². The van der Waals surface area contributed by atoms with Crippen molar-refractivity contribution in [3.8, 4) is 6.07 Å². The number of alkyl halides is 3. The highest BCUT2D eigenvalue weighted by atomic mass is 19.4. The molecule has 23 heavy (non-hydrogen) atoms. The number of rotatable bonds is 5. The molecule has 8 heteroatoms. The van der Waals surface area contributed by atoms with Gasteiger partial charge in [-0.15, -0.1) is 0 Å². The van der Waals surface area contributed by atoms with Gasteiger partial charge in [-0.05, 0) is 31.5 Å². The van der Waals surface area contributed by atoms with E-state index in [1.54, 1.807) is 6.92 Å². The molecule has 0 bridgehead atoms. The number of nitrogens with one attached hydrogen (secondary N) is 1. The lowest BCUT2D eigenvalue weighted by Gasteiger charge is -2.17. The largest absolute Gasteiger partial charge is 0.467 e. The average molecular weight is 328 g/mol. The zero-order valence-corrected chi connectivity index (χ0v) is 12.5. The number of esters is 1. The van der Waals surface area contributed by atoms with Crippen LogP contribution in [0.25, 0.3) is 0 Å². The number of amides is 1. The van der Waals surface area contributed by atoms with Gasteiger partial charge in [-0.2, -0.15) is 18.4 Å². The van der Waals surface area contributed by atoms with Crippen LogP contribution in [0.15, 0.2) is 24.3 Å². The van der Waals surface area contributed by atoms with E-state index in [-0.39, 0.29) is 12.0 Å². The van der Waals surface area contributed by atoms with Crippen molar-refractivity contribution in [2.24, 2.45) is 5.92 Å². The SMILES string of the molecule is COC(=O)[C@H](C[C@@H](C)C#N)NC(=O)c1cccc(C(F)(F)F)c1. The van der Waals surface area contributed by atoms with Crippen molar-refractivity contribution >= 4 is 11.9 Å². The Hall–Kier alpha value is -2.56. The minimum Gasteiger partial charge on any atom is -0.467 e. The lowest BCUT2D eigenvalue weighted by atomic mass is 10.0. The summed E-state index contributed by atoms with van der Waals surface area (Å²) in [7, 11) is 1.11. The third-order valence-electron chi connectivity index (χ3n) is 3.05. The van der Waals surface area contributed by atoms with Crippen LogP contribution in [0.3, 0.4) is 0 Å². The van der Waals surface area contributed by atoms with Gasteiger partial charge in [0.05, 0.1) is 18.7 Å². The van der Waals surface area contributed by atoms with Crippen LogP contribution in [-0.4, -0.2) is 25.0 Å². The van der Waals surface area contributed by atoms with Crippen LogP contribution in [-0.2, 0) is 15.7 Å². The molecule has 124 valence electrons. The molecule has 0 saturated heterocycles. The number of nitrogens with zero attached hydrogens (tertiary/aromatic N) is 1. The molecule has 0 aromatic heterocycles. The molecule has 2 atom stereocenters. The van der Waals surface area contributed by atoms with Crippen LogP contribution in [0.5, 0.6) is 0 Å². The first-order valence-corrected chi connectivity index (χ1v) is 6.64. The summed E-state index contributed by atoms with van der Waals surface area (Å²) in [6, 6.07) is 4.63. The third-order valence-corrected chi connectivity index (χ3v) is 3.05. The number of benzene rings is 1. The van der Waals surface area contributed by atoms with Gasteiger partial charge in [0.25, 0.3) is 5.91 Å². The van der Waals surface area contributed by atoms with E-state index in [2.05, 4.69) is 10.1 Å². The summed E-state index contributed by atoms with van der Waals surface area (Å²) >= 11 is 0. The predicted molar refractivity (Wildman–Crippen MR) is 74.1 cm³/mol. The number of hydrogen-bond donors (Lipinski definition) is 1. The van der Waals surface area contributed by atoms with Crippen molar-refractivity contribution in [2.75, 3.05) is 7.11 Å². The van der Waals surface area contributed by atoms with E-state index >= 15 is 0 Å². The molecule has 1 N–H and O–H groups in total. The minimum atomic E-state index is -4.58. The van der Waals surface area contributed by atoms with Crippen molar-refractivity contribution in [3.63, 3.8) is 0 Å². The van der Waals surface area contributed by atoms with Gasteiger partial charge in [0.1, 0.15) is 6.04 Å². The fraction of sp³-hybridized carbons (Fsp3) is 0.400. The second kappa shape index (κ2) is 7.63. The summed E-state index contributed by atoms with van der Waals surface area (Å²) in [5, 5.41) is 11.1. The van der Waals surface area contributed by atoms with E-state index in [9.17, 15) is 22.8 Å². The first-order valence-electron chi connectivity index (χ1n) is 6.64. The molecule has 0 heterocycles. The smallest absolute Gasteiger partial charge is 0.416 e. The second-order valence-electron chi connectivity index (χ2n) is 4.89. The highest BCUT2D eigenvalue weighted by molar-refractivity contribution is 5.96. The number of hydrogen-bond acceptors (Lipinski definition) is 4. The molecule has 0 unspecified atom stereocenters. The number of methoxy groups -OCH3 is 1. The lowest BCUT2D eigenvalue weighted by Crippen LogP contribution is -2.42. The highest BCUT2D eigenvalue weighted by Crippen LogP contribution is 2.29. The molecule has 0 spiro atoms. The molecule has 0 aliphatic rings. The van der Waals surface area contributed by atoms with Gasteiger partial charge in [-0.3, -0.25) is 4.79 Å². The van der Waals surface area contributed by atoms with Crippen molar-refractivity contribution in [1.29, 1.82) is 5.26 Å². The van der Waals surface area contributed by atoms with Crippen molar-refractivity contribution < 1.29 is 27.5 Å². The Morgan fingerprint density at radius 1 is 1.39 bits per heavy atom. The molecule has 0 radical (unpaired) electrons. The number of ether oxygens (including phenoxy) is 1. The van der Waals surface area contributed by atoms with E-state index in [1.807, 2.05) is 6.07 Å². The molecule has 1 aromatic carbocycles. The Morgan fingerprint density at radius 2 is 2.04 bits per heavy atom. The summed E-state index contributed by atoms with van der Waals surface area (Å²) in [5.74, 6) is -2.16. The van der Waals surface area contributed by atoms with Gasteiger partial charge in [-0.25, -0.2) is 4.79 Å². The summed E-state index contributed by atoms with van der Waals surface area (Å²) in [5.41, 5.74) is -1.21. The maximum atomic E-state index is 12.7. The Morgan fingerprint density at radius 3 is 2.57 bits per heavy atom. The van der Waals surface area contributed by atoms with Crippen LogP contribution >= 0.6 is 0 Å². The zero-order valence-electron chi connectivity index (χ0n) is 12.5. The highest BCUT2D eigenvalue weighted by Gasteiger charge is 2.31. The van der Waals surface area contributed by atoms with Gasteiger partial charge in [0.2, 0.25) is 0 Å². The summed E-state index contributed by atoms with van der Waals surface area (Å²) < 4.78 is 42.5. The molecule has 1 rings (SSSR count). The predicted octanol–water partition coefficient (Wildman–Crippen LogP) is 2.53. The normalized spacial score (nSPS) is 13.6. The number of halogens is 3. The van der Waals surface area contributed by atoms with Gasteiger partial charge in [0, 0.05) is 11.5 Å². The van der Waals surface area contributed by atoms with Crippen LogP contribution in [0.4, 0.5) is 13.2 Å². The Labute approximate surface area is 131 Å². The first-order chi connectivity index (χ1) is 10.7. The topological polar surface area (TPSA) is 79.2 Å². The van der Waals surface area contributed by atoms with Gasteiger partial charge < -0.3 is 10.1 Å². The van der Waals surface area contributed by atoms with E-state index in [0.717, 1.165) is 19.2 Å². The summed E-state index contributed by atoms with van der Waals surface area (Å²) in [6.45, 7) is 1.55. The minimum absolute atomic E-state index is 0.00608. The van der Waals surface area contributed by atoms with Gasteiger partial charge in [0.15, 0.2) is 0 Å². The standard InChI is InChI=1S/C15H15F3N2O3/c1-9(8-19)6-12(14(22)23-2)20-13(21)10-4-3-5-11(7-10)15(16,17)18/h3-5,7,9,12H,6H2,1-2H3,(H,20,21)/t9-,12+/m1/s1. The van der Waals surface area contributed by atoms with Crippen LogP contribution in [0.1, 0.15) is 29.3 Å².